The third kappa shape index (κ3) is 5.14. The Hall–Kier alpha value is -1.06. The van der Waals surface area contributed by atoms with Gasteiger partial charge < -0.3 is 10.5 Å². The number of ether oxygens (including phenoxy) is 1. The monoisotopic (exact) mass is 243 g/mol. The highest BCUT2D eigenvalue weighted by Crippen LogP contribution is 2.03. The summed E-state index contributed by atoms with van der Waals surface area (Å²) in [7, 11) is 0. The van der Waals surface area contributed by atoms with Crippen molar-refractivity contribution in [2.45, 2.75) is 32.4 Å². The molecule has 4 heteroatoms. The zero-order valence-corrected chi connectivity index (χ0v) is 10.2. The SMILES string of the molecule is CCCC(N)C(=O)OCc1ccccc1.Cl. The third-order valence-corrected chi connectivity index (χ3v) is 2.13. The van der Waals surface area contributed by atoms with Crippen LogP contribution in [0.3, 0.4) is 0 Å². The van der Waals surface area contributed by atoms with E-state index in [9.17, 15) is 4.79 Å². The van der Waals surface area contributed by atoms with Gasteiger partial charge in [-0.25, -0.2) is 0 Å². The van der Waals surface area contributed by atoms with Crippen molar-refractivity contribution in [3.05, 3.63) is 35.9 Å². The molecule has 0 aliphatic carbocycles. The van der Waals surface area contributed by atoms with Gasteiger partial charge in [-0.2, -0.15) is 0 Å². The molecule has 1 unspecified atom stereocenters. The first-order valence-electron chi connectivity index (χ1n) is 5.20. The number of carbonyl (C=O) groups is 1. The van der Waals surface area contributed by atoms with Crippen LogP contribution < -0.4 is 5.73 Å². The summed E-state index contributed by atoms with van der Waals surface area (Å²) in [4.78, 5) is 11.4. The minimum Gasteiger partial charge on any atom is -0.460 e. The van der Waals surface area contributed by atoms with Gasteiger partial charge in [-0.15, -0.1) is 12.4 Å². The third-order valence-electron chi connectivity index (χ3n) is 2.13. The Morgan fingerprint density at radius 1 is 1.38 bits per heavy atom. The molecule has 0 fully saturated rings. The van der Waals surface area contributed by atoms with E-state index in [1.54, 1.807) is 0 Å². The van der Waals surface area contributed by atoms with Crippen LogP contribution in [-0.2, 0) is 16.1 Å². The van der Waals surface area contributed by atoms with Crippen molar-refractivity contribution in [2.24, 2.45) is 5.73 Å². The molecule has 0 aliphatic heterocycles. The van der Waals surface area contributed by atoms with E-state index in [-0.39, 0.29) is 18.4 Å². The van der Waals surface area contributed by atoms with E-state index < -0.39 is 6.04 Å². The smallest absolute Gasteiger partial charge is 0.323 e. The van der Waals surface area contributed by atoms with Crippen LogP contribution in [0.4, 0.5) is 0 Å². The fourth-order valence-electron chi connectivity index (χ4n) is 1.26. The lowest BCUT2D eigenvalue weighted by atomic mass is 10.2. The standard InChI is InChI=1S/C12H17NO2.ClH/c1-2-6-11(13)12(14)15-9-10-7-4-3-5-8-10;/h3-5,7-8,11H,2,6,9,13H2,1H3;1H. The van der Waals surface area contributed by atoms with Gasteiger partial charge in [0.2, 0.25) is 0 Å². The van der Waals surface area contributed by atoms with Gasteiger partial charge in [0.05, 0.1) is 0 Å². The summed E-state index contributed by atoms with van der Waals surface area (Å²) in [6, 6.07) is 9.09. The van der Waals surface area contributed by atoms with Gasteiger partial charge in [0.25, 0.3) is 0 Å². The molecule has 1 atom stereocenters. The fraction of sp³-hybridized carbons (Fsp3) is 0.417. The van der Waals surface area contributed by atoms with Gasteiger partial charge in [0.15, 0.2) is 0 Å². The van der Waals surface area contributed by atoms with E-state index in [0.717, 1.165) is 12.0 Å². The lowest BCUT2D eigenvalue weighted by Crippen LogP contribution is -2.31. The zero-order chi connectivity index (χ0) is 11.1. The maximum Gasteiger partial charge on any atom is 0.323 e. The van der Waals surface area contributed by atoms with E-state index >= 15 is 0 Å². The van der Waals surface area contributed by atoms with Crippen LogP contribution >= 0.6 is 12.4 Å². The van der Waals surface area contributed by atoms with Crippen molar-refractivity contribution in [1.29, 1.82) is 0 Å². The lowest BCUT2D eigenvalue weighted by Gasteiger charge is -2.10. The zero-order valence-electron chi connectivity index (χ0n) is 9.39. The predicted molar refractivity (Wildman–Crippen MR) is 66.4 cm³/mol. The second-order valence-electron chi connectivity index (χ2n) is 3.49. The lowest BCUT2D eigenvalue weighted by molar-refractivity contribution is -0.146. The normalized spacial score (nSPS) is 11.4. The number of hydrogen-bond donors (Lipinski definition) is 1. The van der Waals surface area contributed by atoms with E-state index in [1.165, 1.54) is 0 Å². The number of nitrogens with two attached hydrogens (primary N) is 1. The highest BCUT2D eigenvalue weighted by atomic mass is 35.5. The average molecular weight is 244 g/mol. The Balaban J connectivity index is 0.00000225. The fourth-order valence-corrected chi connectivity index (χ4v) is 1.26. The van der Waals surface area contributed by atoms with Crippen LogP contribution in [0, 0.1) is 0 Å². The Labute approximate surface area is 102 Å². The molecule has 16 heavy (non-hydrogen) atoms. The van der Waals surface area contributed by atoms with Gasteiger partial charge >= 0.3 is 5.97 Å². The Bertz CT molecular complexity index is 303. The molecular weight excluding hydrogens is 226 g/mol. The largest absolute Gasteiger partial charge is 0.460 e. The number of rotatable bonds is 5. The molecule has 1 rings (SSSR count). The van der Waals surface area contributed by atoms with Crippen LogP contribution in [0.25, 0.3) is 0 Å². The molecule has 0 bridgehead atoms. The van der Waals surface area contributed by atoms with Gasteiger partial charge in [0, 0.05) is 0 Å². The van der Waals surface area contributed by atoms with Crippen LogP contribution in [-0.4, -0.2) is 12.0 Å². The van der Waals surface area contributed by atoms with E-state index in [4.69, 9.17) is 10.5 Å². The van der Waals surface area contributed by atoms with Crippen molar-refractivity contribution in [3.63, 3.8) is 0 Å². The number of hydrogen-bond acceptors (Lipinski definition) is 3. The molecule has 1 aromatic carbocycles. The van der Waals surface area contributed by atoms with E-state index in [2.05, 4.69) is 0 Å². The first kappa shape index (κ1) is 14.9. The predicted octanol–water partition coefficient (Wildman–Crippen LogP) is 2.28. The average Bonchev–Trinajstić information content (AvgIpc) is 2.27. The molecule has 90 valence electrons. The molecule has 3 nitrogen and oxygen atoms in total. The van der Waals surface area contributed by atoms with Gasteiger partial charge in [-0.1, -0.05) is 43.7 Å². The Morgan fingerprint density at radius 2 is 2.00 bits per heavy atom. The first-order chi connectivity index (χ1) is 7.24. The maximum atomic E-state index is 11.4. The second-order valence-corrected chi connectivity index (χ2v) is 3.49. The molecule has 0 aromatic heterocycles. The van der Waals surface area contributed by atoms with Gasteiger partial charge in [-0.3, -0.25) is 4.79 Å². The van der Waals surface area contributed by atoms with Crippen LogP contribution in [0.1, 0.15) is 25.3 Å². The van der Waals surface area contributed by atoms with Crippen molar-refractivity contribution in [1.82, 2.24) is 0 Å². The summed E-state index contributed by atoms with van der Waals surface area (Å²) in [6.07, 6.45) is 1.56. The Morgan fingerprint density at radius 3 is 2.56 bits per heavy atom. The van der Waals surface area contributed by atoms with Gasteiger partial charge in [0.1, 0.15) is 12.6 Å². The van der Waals surface area contributed by atoms with Gasteiger partial charge in [-0.05, 0) is 12.0 Å². The molecule has 0 saturated carbocycles. The molecule has 0 aliphatic rings. The summed E-state index contributed by atoms with van der Waals surface area (Å²) < 4.78 is 5.08. The molecule has 0 saturated heterocycles. The van der Waals surface area contributed by atoms with Crippen molar-refractivity contribution >= 4 is 18.4 Å². The number of carbonyl (C=O) groups excluding carboxylic acids is 1. The molecule has 0 radical (unpaired) electrons. The minimum atomic E-state index is -0.487. The topological polar surface area (TPSA) is 52.3 Å². The maximum absolute atomic E-state index is 11.4. The highest BCUT2D eigenvalue weighted by molar-refractivity contribution is 5.85. The summed E-state index contributed by atoms with van der Waals surface area (Å²) in [5, 5.41) is 0. The summed E-state index contributed by atoms with van der Waals surface area (Å²) in [6.45, 7) is 2.29. The summed E-state index contributed by atoms with van der Waals surface area (Å²) in [5.41, 5.74) is 6.60. The molecule has 0 spiro atoms. The number of benzene rings is 1. The quantitative estimate of drug-likeness (QED) is 0.808. The second kappa shape index (κ2) is 8.13. The first-order valence-corrected chi connectivity index (χ1v) is 5.20. The van der Waals surface area contributed by atoms with E-state index in [1.807, 2.05) is 37.3 Å². The number of halogens is 1. The van der Waals surface area contributed by atoms with Crippen LogP contribution in [0.2, 0.25) is 0 Å². The van der Waals surface area contributed by atoms with E-state index in [0.29, 0.717) is 13.0 Å². The molecule has 1 aromatic rings. The molecule has 0 amide bonds. The molecular formula is C12H18ClNO2. The van der Waals surface area contributed by atoms with Crippen molar-refractivity contribution in [2.75, 3.05) is 0 Å². The van der Waals surface area contributed by atoms with Crippen molar-refractivity contribution in [3.8, 4) is 0 Å². The highest BCUT2D eigenvalue weighted by Gasteiger charge is 2.13. The van der Waals surface area contributed by atoms with Crippen LogP contribution in [0.15, 0.2) is 30.3 Å². The van der Waals surface area contributed by atoms with Crippen LogP contribution in [0.5, 0.6) is 0 Å². The minimum absolute atomic E-state index is 0. The Kier molecular flexibility index (Phi) is 7.60. The van der Waals surface area contributed by atoms with Crippen molar-refractivity contribution < 1.29 is 9.53 Å². The molecule has 2 N–H and O–H groups in total. The molecule has 0 heterocycles. The summed E-state index contributed by atoms with van der Waals surface area (Å²) >= 11 is 0. The summed E-state index contributed by atoms with van der Waals surface area (Å²) in [5.74, 6) is -0.319. The number of esters is 1.